The van der Waals surface area contributed by atoms with Crippen LogP contribution < -0.4 is 5.56 Å². The second-order valence-corrected chi connectivity index (χ2v) is 7.63. The van der Waals surface area contributed by atoms with Gasteiger partial charge in [0.2, 0.25) is 5.91 Å². The van der Waals surface area contributed by atoms with Crippen molar-refractivity contribution in [3.05, 3.63) is 64.3 Å². The fourth-order valence-electron chi connectivity index (χ4n) is 3.75. The van der Waals surface area contributed by atoms with Crippen LogP contribution in [0.15, 0.2) is 47.3 Å². The largest absolute Gasteiger partial charge is 0.329 e. The number of aryl methyl sites for hydroxylation is 1. The van der Waals surface area contributed by atoms with Gasteiger partial charge in [0.1, 0.15) is 6.54 Å². The maximum absolute atomic E-state index is 13.1. The lowest BCUT2D eigenvalue weighted by Crippen LogP contribution is -2.46. The molecule has 0 fully saturated rings. The lowest BCUT2D eigenvalue weighted by molar-refractivity contribution is -0.137. The van der Waals surface area contributed by atoms with E-state index in [1.54, 1.807) is 17.9 Å². The second kappa shape index (κ2) is 7.62. The summed E-state index contributed by atoms with van der Waals surface area (Å²) in [5, 5.41) is 8.85. The van der Waals surface area contributed by atoms with Crippen molar-refractivity contribution >= 4 is 5.91 Å². The van der Waals surface area contributed by atoms with E-state index in [4.69, 9.17) is 4.98 Å². The third kappa shape index (κ3) is 3.70. The average Bonchev–Trinajstić information content (AvgIpc) is 3.14. The van der Waals surface area contributed by atoms with Crippen LogP contribution in [0.3, 0.4) is 0 Å². The van der Waals surface area contributed by atoms with Gasteiger partial charge in [0, 0.05) is 18.2 Å². The molecule has 4 rings (SSSR count). The summed E-state index contributed by atoms with van der Waals surface area (Å²) in [6, 6.07) is 12.7. The molecule has 150 valence electrons. The minimum absolute atomic E-state index is 0.0799. The van der Waals surface area contributed by atoms with E-state index >= 15 is 0 Å². The summed E-state index contributed by atoms with van der Waals surface area (Å²) in [5.74, 6) is 1.45. The van der Waals surface area contributed by atoms with Crippen molar-refractivity contribution in [1.29, 1.82) is 0 Å². The summed E-state index contributed by atoms with van der Waals surface area (Å²) in [6.07, 6.45) is 0. The molecule has 1 atom stereocenters. The summed E-state index contributed by atoms with van der Waals surface area (Å²) in [7, 11) is 0. The highest BCUT2D eigenvalue weighted by Crippen LogP contribution is 2.32. The second-order valence-electron chi connectivity index (χ2n) is 7.63. The molecule has 1 aliphatic rings. The van der Waals surface area contributed by atoms with E-state index in [0.717, 1.165) is 11.4 Å². The molecule has 3 heterocycles. The van der Waals surface area contributed by atoms with Crippen molar-refractivity contribution in [3.63, 3.8) is 0 Å². The van der Waals surface area contributed by atoms with E-state index in [-0.39, 0.29) is 30.0 Å². The van der Waals surface area contributed by atoms with Crippen LogP contribution >= 0.6 is 0 Å². The summed E-state index contributed by atoms with van der Waals surface area (Å²) in [4.78, 5) is 31.7. The van der Waals surface area contributed by atoms with Crippen LogP contribution in [0.2, 0.25) is 0 Å². The Labute approximate surface area is 168 Å². The standard InChI is InChI=1S/C21H24N6O2/c1-14(2)19-21-22-20(16-7-5-4-6-8-16)24-26(21)12-11-25(19)18(29)13-27-17(28)10-9-15(3)23-27/h4-10,14,19H,11-13H2,1-3H3/t19-/m0/s1. The average molecular weight is 392 g/mol. The first-order valence-corrected chi connectivity index (χ1v) is 9.78. The monoisotopic (exact) mass is 392 g/mol. The van der Waals surface area contributed by atoms with Crippen molar-refractivity contribution in [1.82, 2.24) is 29.4 Å². The van der Waals surface area contributed by atoms with E-state index < -0.39 is 0 Å². The van der Waals surface area contributed by atoms with Crippen molar-refractivity contribution in [2.75, 3.05) is 6.54 Å². The van der Waals surface area contributed by atoms with Gasteiger partial charge >= 0.3 is 0 Å². The van der Waals surface area contributed by atoms with Crippen molar-refractivity contribution in [2.45, 2.75) is 39.9 Å². The molecule has 0 bridgehead atoms. The maximum atomic E-state index is 13.1. The SMILES string of the molecule is Cc1ccc(=O)n(CC(=O)N2CCn3nc(-c4ccccc4)nc3[C@@H]2C(C)C)n1. The number of carbonyl (C=O) groups is 1. The third-order valence-corrected chi connectivity index (χ3v) is 5.12. The van der Waals surface area contributed by atoms with E-state index in [1.807, 2.05) is 35.0 Å². The van der Waals surface area contributed by atoms with E-state index in [1.165, 1.54) is 10.7 Å². The lowest BCUT2D eigenvalue weighted by atomic mass is 9.99. The predicted molar refractivity (Wildman–Crippen MR) is 108 cm³/mol. The molecular formula is C21H24N6O2. The number of hydrogen-bond donors (Lipinski definition) is 0. The molecule has 0 saturated heterocycles. The van der Waals surface area contributed by atoms with Gasteiger partial charge in [-0.15, -0.1) is 0 Å². The van der Waals surface area contributed by atoms with Crippen LogP contribution in [0.5, 0.6) is 0 Å². The quantitative estimate of drug-likeness (QED) is 0.678. The first-order chi connectivity index (χ1) is 13.9. The number of rotatable bonds is 4. The minimum atomic E-state index is -0.281. The minimum Gasteiger partial charge on any atom is -0.329 e. The maximum Gasteiger partial charge on any atom is 0.267 e. The highest BCUT2D eigenvalue weighted by molar-refractivity contribution is 5.76. The Balaban J connectivity index is 1.64. The first kappa shape index (κ1) is 19.0. The third-order valence-electron chi connectivity index (χ3n) is 5.12. The van der Waals surface area contributed by atoms with Gasteiger partial charge in [0.25, 0.3) is 5.56 Å². The number of amides is 1. The van der Waals surface area contributed by atoms with Gasteiger partial charge < -0.3 is 4.90 Å². The molecule has 0 spiro atoms. The number of benzene rings is 1. The van der Waals surface area contributed by atoms with Gasteiger partial charge in [0.15, 0.2) is 11.6 Å². The fraction of sp³-hybridized carbons (Fsp3) is 0.381. The Kier molecular flexibility index (Phi) is 5.00. The highest BCUT2D eigenvalue weighted by atomic mass is 16.2. The molecule has 1 aromatic carbocycles. The Bertz CT molecular complexity index is 1090. The van der Waals surface area contributed by atoms with Crippen LogP contribution in [0.25, 0.3) is 11.4 Å². The molecule has 1 aliphatic heterocycles. The molecule has 2 aromatic heterocycles. The van der Waals surface area contributed by atoms with Gasteiger partial charge in [-0.1, -0.05) is 44.2 Å². The van der Waals surface area contributed by atoms with E-state index in [9.17, 15) is 9.59 Å². The zero-order valence-electron chi connectivity index (χ0n) is 16.8. The van der Waals surface area contributed by atoms with Crippen LogP contribution in [0, 0.1) is 12.8 Å². The Morgan fingerprint density at radius 2 is 1.86 bits per heavy atom. The number of aromatic nitrogens is 5. The van der Waals surface area contributed by atoms with Crippen LogP contribution in [-0.2, 0) is 17.9 Å². The zero-order chi connectivity index (χ0) is 20.5. The van der Waals surface area contributed by atoms with Gasteiger partial charge in [0.05, 0.1) is 18.3 Å². The predicted octanol–water partition coefficient (Wildman–Crippen LogP) is 2.05. The Morgan fingerprint density at radius 3 is 2.59 bits per heavy atom. The molecule has 8 heteroatoms. The summed E-state index contributed by atoms with van der Waals surface area (Å²) >= 11 is 0. The molecule has 1 amide bonds. The van der Waals surface area contributed by atoms with Crippen LogP contribution in [0.4, 0.5) is 0 Å². The number of fused-ring (bicyclic) bond motifs is 1. The first-order valence-electron chi connectivity index (χ1n) is 9.78. The topological polar surface area (TPSA) is 85.9 Å². The van der Waals surface area contributed by atoms with Crippen molar-refractivity contribution in [2.24, 2.45) is 5.92 Å². The molecule has 29 heavy (non-hydrogen) atoms. The number of nitrogens with zero attached hydrogens (tertiary/aromatic N) is 6. The van der Waals surface area contributed by atoms with Gasteiger partial charge in [-0.3, -0.25) is 9.59 Å². The Hall–Kier alpha value is -3.29. The molecule has 0 unspecified atom stereocenters. The normalized spacial score (nSPS) is 16.1. The van der Waals surface area contributed by atoms with Gasteiger partial charge in [-0.2, -0.15) is 10.2 Å². The molecule has 0 radical (unpaired) electrons. The van der Waals surface area contributed by atoms with Crippen LogP contribution in [-0.4, -0.2) is 41.9 Å². The number of hydrogen-bond acceptors (Lipinski definition) is 5. The lowest BCUT2D eigenvalue weighted by Gasteiger charge is -2.37. The summed E-state index contributed by atoms with van der Waals surface area (Å²) in [6.45, 7) is 6.94. The molecule has 8 nitrogen and oxygen atoms in total. The Morgan fingerprint density at radius 1 is 1.10 bits per heavy atom. The smallest absolute Gasteiger partial charge is 0.267 e. The fourth-order valence-corrected chi connectivity index (χ4v) is 3.75. The van der Waals surface area contributed by atoms with Crippen molar-refractivity contribution < 1.29 is 4.79 Å². The summed E-state index contributed by atoms with van der Waals surface area (Å²) in [5.41, 5.74) is 1.37. The molecular weight excluding hydrogens is 368 g/mol. The van der Waals surface area contributed by atoms with Gasteiger partial charge in [-0.25, -0.2) is 14.3 Å². The summed E-state index contributed by atoms with van der Waals surface area (Å²) < 4.78 is 3.12. The van der Waals surface area contributed by atoms with E-state index in [0.29, 0.717) is 24.6 Å². The van der Waals surface area contributed by atoms with Crippen LogP contribution in [0.1, 0.15) is 31.4 Å². The van der Waals surface area contributed by atoms with E-state index in [2.05, 4.69) is 24.0 Å². The highest BCUT2D eigenvalue weighted by Gasteiger charge is 2.36. The number of carbonyl (C=O) groups excluding carboxylic acids is 1. The molecule has 0 aliphatic carbocycles. The molecule has 0 N–H and O–H groups in total. The molecule has 3 aromatic rings. The van der Waals surface area contributed by atoms with Gasteiger partial charge in [-0.05, 0) is 18.9 Å². The zero-order valence-corrected chi connectivity index (χ0v) is 16.8. The van der Waals surface area contributed by atoms with Crippen molar-refractivity contribution in [3.8, 4) is 11.4 Å². The molecule has 0 saturated carbocycles.